The van der Waals surface area contributed by atoms with E-state index in [0.717, 1.165) is 6.42 Å². The molecule has 0 aromatic rings. The van der Waals surface area contributed by atoms with Crippen LogP contribution in [-0.4, -0.2) is 0 Å². The van der Waals surface area contributed by atoms with Gasteiger partial charge in [-0.1, -0.05) is 44.1 Å². The van der Waals surface area contributed by atoms with E-state index in [1.54, 1.807) is 0 Å². The number of hydrogen-bond acceptors (Lipinski definition) is 0. The van der Waals surface area contributed by atoms with Crippen molar-refractivity contribution in [3.63, 3.8) is 0 Å². The summed E-state index contributed by atoms with van der Waals surface area (Å²) >= 11 is 0. The average Bonchev–Trinajstić information content (AvgIpc) is 2.22. The minimum atomic E-state index is 1.14. The SMILES string of the molecule is C/C=C(/C)C(=CCCC)/C=C(\C)CC. The zero-order chi connectivity index (χ0) is 11.0. The van der Waals surface area contributed by atoms with Crippen molar-refractivity contribution in [2.24, 2.45) is 0 Å². The zero-order valence-corrected chi connectivity index (χ0v) is 10.4. The molecule has 0 N–H and O–H groups in total. The summed E-state index contributed by atoms with van der Waals surface area (Å²) in [6, 6.07) is 0. The first kappa shape index (κ1) is 13.2. The van der Waals surface area contributed by atoms with E-state index in [9.17, 15) is 0 Å². The summed E-state index contributed by atoms with van der Waals surface area (Å²) in [6.07, 6.45) is 10.4. The second-order valence-corrected chi connectivity index (χ2v) is 3.76. The maximum Gasteiger partial charge on any atom is -0.0271 e. The Labute approximate surface area is 89.4 Å². The molecule has 0 fully saturated rings. The fourth-order valence-electron chi connectivity index (χ4n) is 1.17. The first-order valence-corrected chi connectivity index (χ1v) is 5.66. The van der Waals surface area contributed by atoms with Gasteiger partial charge in [-0.3, -0.25) is 0 Å². The maximum absolute atomic E-state index is 2.34. The highest BCUT2D eigenvalue weighted by atomic mass is 14.0. The van der Waals surface area contributed by atoms with Gasteiger partial charge in [0.05, 0.1) is 0 Å². The normalized spacial score (nSPS) is 14.8. The molecule has 0 unspecified atom stereocenters. The topological polar surface area (TPSA) is 0 Å². The smallest absolute Gasteiger partial charge is 0.0271 e. The van der Waals surface area contributed by atoms with E-state index in [2.05, 4.69) is 52.8 Å². The van der Waals surface area contributed by atoms with E-state index in [1.807, 2.05) is 0 Å². The summed E-state index contributed by atoms with van der Waals surface area (Å²) in [5, 5.41) is 0. The Kier molecular flexibility index (Phi) is 7.18. The molecule has 0 heterocycles. The van der Waals surface area contributed by atoms with E-state index in [1.165, 1.54) is 29.6 Å². The van der Waals surface area contributed by atoms with Gasteiger partial charge in [-0.05, 0) is 44.8 Å². The molecule has 0 saturated heterocycles. The standard InChI is InChI=1S/C14H24/c1-6-9-10-14(13(5)8-3)11-12(4)7-2/h8,10-11H,6-7,9H2,1-5H3/b12-11+,13-8-,14-10?. The predicted octanol–water partition coefficient (Wildman–Crippen LogP) is 5.04. The van der Waals surface area contributed by atoms with Gasteiger partial charge in [0.2, 0.25) is 0 Å². The Bertz CT molecular complexity index is 239. The zero-order valence-electron chi connectivity index (χ0n) is 10.4. The van der Waals surface area contributed by atoms with Crippen LogP contribution in [0.1, 0.15) is 53.9 Å². The average molecular weight is 192 g/mol. The van der Waals surface area contributed by atoms with Crippen LogP contribution >= 0.6 is 0 Å². The van der Waals surface area contributed by atoms with Gasteiger partial charge in [-0.25, -0.2) is 0 Å². The van der Waals surface area contributed by atoms with Crippen LogP contribution in [0, 0.1) is 0 Å². The summed E-state index contributed by atoms with van der Waals surface area (Å²) in [5.41, 5.74) is 4.23. The highest BCUT2D eigenvalue weighted by Crippen LogP contribution is 2.15. The van der Waals surface area contributed by atoms with Crippen molar-refractivity contribution in [1.29, 1.82) is 0 Å². The Morgan fingerprint density at radius 3 is 2.21 bits per heavy atom. The lowest BCUT2D eigenvalue weighted by atomic mass is 10.0. The Hall–Kier alpha value is -0.780. The van der Waals surface area contributed by atoms with Crippen LogP contribution in [0.4, 0.5) is 0 Å². The second-order valence-electron chi connectivity index (χ2n) is 3.76. The summed E-state index contributed by atoms with van der Waals surface area (Å²) < 4.78 is 0. The van der Waals surface area contributed by atoms with Crippen molar-refractivity contribution in [3.8, 4) is 0 Å². The third kappa shape index (κ3) is 5.06. The highest BCUT2D eigenvalue weighted by molar-refractivity contribution is 5.39. The molecule has 0 aliphatic rings. The molecule has 0 aromatic heterocycles. The Morgan fingerprint density at radius 2 is 1.79 bits per heavy atom. The van der Waals surface area contributed by atoms with Crippen molar-refractivity contribution >= 4 is 0 Å². The van der Waals surface area contributed by atoms with Crippen molar-refractivity contribution in [2.75, 3.05) is 0 Å². The summed E-state index contributed by atoms with van der Waals surface area (Å²) in [7, 11) is 0. The second kappa shape index (κ2) is 7.61. The Balaban J connectivity index is 4.74. The van der Waals surface area contributed by atoms with Crippen LogP contribution in [0.3, 0.4) is 0 Å². The van der Waals surface area contributed by atoms with E-state index in [4.69, 9.17) is 0 Å². The van der Waals surface area contributed by atoms with Gasteiger partial charge < -0.3 is 0 Å². The van der Waals surface area contributed by atoms with Crippen molar-refractivity contribution in [1.82, 2.24) is 0 Å². The van der Waals surface area contributed by atoms with Crippen molar-refractivity contribution in [2.45, 2.75) is 53.9 Å². The molecule has 0 radical (unpaired) electrons. The molecule has 0 saturated carbocycles. The van der Waals surface area contributed by atoms with Crippen LogP contribution < -0.4 is 0 Å². The lowest BCUT2D eigenvalue weighted by Gasteiger charge is -2.04. The van der Waals surface area contributed by atoms with Crippen LogP contribution in [0.15, 0.2) is 34.9 Å². The van der Waals surface area contributed by atoms with Crippen LogP contribution in [-0.2, 0) is 0 Å². The molecule has 14 heavy (non-hydrogen) atoms. The van der Waals surface area contributed by atoms with Gasteiger partial charge in [-0.2, -0.15) is 0 Å². The maximum atomic E-state index is 2.34. The van der Waals surface area contributed by atoms with E-state index >= 15 is 0 Å². The number of rotatable bonds is 5. The van der Waals surface area contributed by atoms with Gasteiger partial charge in [0, 0.05) is 0 Å². The van der Waals surface area contributed by atoms with Crippen LogP contribution in [0.25, 0.3) is 0 Å². The molecule has 0 aliphatic heterocycles. The highest BCUT2D eigenvalue weighted by Gasteiger charge is 1.95. The largest absolute Gasteiger partial charge is 0.0841 e. The molecule has 0 atom stereocenters. The van der Waals surface area contributed by atoms with Crippen LogP contribution in [0.2, 0.25) is 0 Å². The number of unbranched alkanes of at least 4 members (excludes halogenated alkanes) is 1. The van der Waals surface area contributed by atoms with Gasteiger partial charge in [-0.15, -0.1) is 0 Å². The quantitative estimate of drug-likeness (QED) is 0.536. The molecular weight excluding hydrogens is 168 g/mol. The molecule has 0 amide bonds. The molecule has 0 bridgehead atoms. The van der Waals surface area contributed by atoms with Crippen LogP contribution in [0.5, 0.6) is 0 Å². The number of allylic oxidation sites excluding steroid dienone is 6. The molecule has 80 valence electrons. The van der Waals surface area contributed by atoms with Gasteiger partial charge >= 0.3 is 0 Å². The summed E-state index contributed by atoms with van der Waals surface area (Å²) in [5.74, 6) is 0. The van der Waals surface area contributed by atoms with Crippen molar-refractivity contribution < 1.29 is 0 Å². The Morgan fingerprint density at radius 1 is 1.14 bits per heavy atom. The molecule has 0 rings (SSSR count). The number of hydrogen-bond donors (Lipinski definition) is 0. The van der Waals surface area contributed by atoms with E-state index in [0.29, 0.717) is 0 Å². The molecular formula is C14H24. The van der Waals surface area contributed by atoms with Gasteiger partial charge in [0.15, 0.2) is 0 Å². The summed E-state index contributed by atoms with van der Waals surface area (Å²) in [6.45, 7) is 10.9. The lowest BCUT2D eigenvalue weighted by Crippen LogP contribution is -1.84. The third-order valence-electron chi connectivity index (χ3n) is 2.50. The van der Waals surface area contributed by atoms with E-state index in [-0.39, 0.29) is 0 Å². The monoisotopic (exact) mass is 192 g/mol. The molecule has 0 aromatic carbocycles. The lowest BCUT2D eigenvalue weighted by molar-refractivity contribution is 0.951. The van der Waals surface area contributed by atoms with E-state index < -0.39 is 0 Å². The predicted molar refractivity (Wildman–Crippen MR) is 66.5 cm³/mol. The summed E-state index contributed by atoms with van der Waals surface area (Å²) in [4.78, 5) is 0. The first-order valence-electron chi connectivity index (χ1n) is 5.66. The third-order valence-corrected chi connectivity index (χ3v) is 2.50. The molecule has 0 spiro atoms. The fourth-order valence-corrected chi connectivity index (χ4v) is 1.17. The van der Waals surface area contributed by atoms with Gasteiger partial charge in [0.1, 0.15) is 0 Å². The fraction of sp³-hybridized carbons (Fsp3) is 0.571. The minimum absolute atomic E-state index is 1.14. The molecule has 0 heteroatoms. The van der Waals surface area contributed by atoms with Crippen molar-refractivity contribution in [3.05, 3.63) is 34.9 Å². The minimum Gasteiger partial charge on any atom is -0.0841 e. The first-order chi connectivity index (χ1) is 6.65. The molecule has 0 aliphatic carbocycles. The molecule has 0 nitrogen and oxygen atoms in total. The van der Waals surface area contributed by atoms with Gasteiger partial charge in [0.25, 0.3) is 0 Å².